The van der Waals surface area contributed by atoms with Gasteiger partial charge in [0.2, 0.25) is 10.0 Å². The van der Waals surface area contributed by atoms with Crippen LogP contribution in [0.15, 0.2) is 36.7 Å². The maximum absolute atomic E-state index is 16.0. The summed E-state index contributed by atoms with van der Waals surface area (Å²) in [5, 5.41) is 0.00215. The van der Waals surface area contributed by atoms with Crippen LogP contribution < -0.4 is 4.90 Å². The molecule has 2 aliphatic rings. The molecule has 2 aliphatic heterocycles. The highest BCUT2D eigenvalue weighted by Crippen LogP contribution is 2.44. The van der Waals surface area contributed by atoms with Crippen LogP contribution in [-0.2, 0) is 21.2 Å². The number of carbonyl (C=O) groups is 1. The highest BCUT2D eigenvalue weighted by atomic mass is 35.5. The SMILES string of the molecule is CC(C)S(=O)(=O)N1CCC(F)(c2cncc(N3C(=O)c4ccc(Cl)cc4C3(C)C)c2)CC1. The topological polar surface area (TPSA) is 70.6 Å². The molecule has 172 valence electrons. The number of amides is 1. The number of rotatable bonds is 4. The van der Waals surface area contributed by atoms with Crippen molar-refractivity contribution in [2.45, 2.75) is 57.0 Å². The smallest absolute Gasteiger partial charge is 0.259 e. The van der Waals surface area contributed by atoms with E-state index in [4.69, 9.17) is 11.6 Å². The normalized spacial score (nSPS) is 20.6. The lowest BCUT2D eigenvalue weighted by molar-refractivity contribution is 0.0862. The van der Waals surface area contributed by atoms with Crippen LogP contribution in [0.1, 0.15) is 62.0 Å². The van der Waals surface area contributed by atoms with E-state index >= 15 is 4.39 Å². The molecule has 1 fully saturated rings. The zero-order valence-electron chi connectivity index (χ0n) is 18.6. The second-order valence-electron chi connectivity index (χ2n) is 9.28. The average molecular weight is 480 g/mol. The predicted octanol–water partition coefficient (Wildman–Crippen LogP) is 4.63. The summed E-state index contributed by atoms with van der Waals surface area (Å²) in [6.45, 7) is 7.30. The average Bonchev–Trinajstić information content (AvgIpc) is 2.93. The molecule has 0 bridgehead atoms. The largest absolute Gasteiger partial charge is 0.297 e. The molecular weight excluding hydrogens is 453 g/mol. The molecule has 1 aromatic carbocycles. The first kappa shape index (κ1) is 23.1. The van der Waals surface area contributed by atoms with E-state index in [-0.39, 0.29) is 31.8 Å². The summed E-state index contributed by atoms with van der Waals surface area (Å²) in [5.74, 6) is -0.189. The molecule has 0 saturated carbocycles. The maximum atomic E-state index is 16.0. The zero-order chi connectivity index (χ0) is 23.5. The first-order valence-corrected chi connectivity index (χ1v) is 12.5. The van der Waals surface area contributed by atoms with E-state index in [0.29, 0.717) is 21.8 Å². The van der Waals surface area contributed by atoms with Crippen LogP contribution in [0.2, 0.25) is 5.02 Å². The van der Waals surface area contributed by atoms with Gasteiger partial charge in [0.05, 0.1) is 22.7 Å². The lowest BCUT2D eigenvalue weighted by atomic mass is 9.87. The van der Waals surface area contributed by atoms with Crippen molar-refractivity contribution in [2.75, 3.05) is 18.0 Å². The third-order valence-electron chi connectivity index (χ3n) is 6.60. The summed E-state index contributed by atoms with van der Waals surface area (Å²) < 4.78 is 42.2. The maximum Gasteiger partial charge on any atom is 0.259 e. The van der Waals surface area contributed by atoms with E-state index in [2.05, 4.69) is 4.98 Å². The molecule has 0 radical (unpaired) electrons. The number of fused-ring (bicyclic) bond motifs is 1. The van der Waals surface area contributed by atoms with Gasteiger partial charge in [-0.1, -0.05) is 11.6 Å². The molecule has 9 heteroatoms. The minimum atomic E-state index is -3.42. The highest BCUT2D eigenvalue weighted by Gasteiger charge is 2.45. The number of sulfonamides is 1. The van der Waals surface area contributed by atoms with Crippen LogP contribution in [0.25, 0.3) is 0 Å². The molecule has 3 heterocycles. The number of benzene rings is 1. The first-order valence-electron chi connectivity index (χ1n) is 10.7. The van der Waals surface area contributed by atoms with Gasteiger partial charge >= 0.3 is 0 Å². The molecule has 0 unspecified atom stereocenters. The lowest BCUT2D eigenvalue weighted by Gasteiger charge is -2.37. The third kappa shape index (κ3) is 3.62. The Morgan fingerprint density at radius 1 is 1.12 bits per heavy atom. The van der Waals surface area contributed by atoms with Crippen LogP contribution in [0.5, 0.6) is 0 Å². The van der Waals surface area contributed by atoms with Crippen LogP contribution in [0.3, 0.4) is 0 Å². The Balaban J connectivity index is 1.63. The predicted molar refractivity (Wildman–Crippen MR) is 123 cm³/mol. The summed E-state index contributed by atoms with van der Waals surface area (Å²) in [5.41, 5.74) is -0.173. The van der Waals surface area contributed by atoms with Crippen molar-refractivity contribution < 1.29 is 17.6 Å². The van der Waals surface area contributed by atoms with Gasteiger partial charge in [-0.15, -0.1) is 0 Å². The molecule has 1 amide bonds. The summed E-state index contributed by atoms with van der Waals surface area (Å²) >= 11 is 6.16. The monoisotopic (exact) mass is 479 g/mol. The Morgan fingerprint density at radius 2 is 1.78 bits per heavy atom. The van der Waals surface area contributed by atoms with Crippen molar-refractivity contribution in [3.05, 3.63) is 58.4 Å². The minimum absolute atomic E-state index is 0.0389. The molecule has 0 atom stereocenters. The number of anilines is 1. The fraction of sp³-hybridized carbons (Fsp3) is 0.478. The lowest BCUT2D eigenvalue weighted by Crippen LogP contribution is -2.45. The van der Waals surface area contributed by atoms with Crippen LogP contribution >= 0.6 is 11.6 Å². The number of aromatic nitrogens is 1. The Bertz CT molecular complexity index is 1170. The minimum Gasteiger partial charge on any atom is -0.297 e. The summed E-state index contributed by atoms with van der Waals surface area (Å²) in [6.07, 6.45) is 3.10. The van der Waals surface area contributed by atoms with Gasteiger partial charge in [0.25, 0.3) is 5.91 Å². The molecule has 0 N–H and O–H groups in total. The van der Waals surface area contributed by atoms with Gasteiger partial charge in [-0.05, 0) is 70.4 Å². The fourth-order valence-electron chi connectivity index (χ4n) is 4.62. The number of nitrogens with zero attached hydrogens (tertiary/aromatic N) is 3. The van der Waals surface area contributed by atoms with Gasteiger partial charge in [-0.3, -0.25) is 14.7 Å². The molecule has 0 spiro atoms. The van der Waals surface area contributed by atoms with Gasteiger partial charge in [0.1, 0.15) is 5.67 Å². The van der Waals surface area contributed by atoms with E-state index in [1.807, 2.05) is 13.8 Å². The number of alkyl halides is 1. The molecule has 0 aliphatic carbocycles. The Kier molecular flexibility index (Phi) is 5.63. The van der Waals surface area contributed by atoms with Gasteiger partial charge in [-0.25, -0.2) is 17.1 Å². The van der Waals surface area contributed by atoms with Gasteiger partial charge < -0.3 is 0 Å². The third-order valence-corrected chi connectivity index (χ3v) is 9.11. The molecule has 2 aromatic rings. The molecule has 1 aromatic heterocycles. The van der Waals surface area contributed by atoms with Crippen molar-refractivity contribution >= 4 is 33.2 Å². The molecule has 1 saturated heterocycles. The van der Waals surface area contributed by atoms with Crippen molar-refractivity contribution in [2.24, 2.45) is 0 Å². The van der Waals surface area contributed by atoms with Crippen molar-refractivity contribution in [1.82, 2.24) is 9.29 Å². The molecule has 6 nitrogen and oxygen atoms in total. The number of pyridine rings is 1. The molecule has 4 rings (SSSR count). The van der Waals surface area contributed by atoms with Crippen molar-refractivity contribution in [1.29, 1.82) is 0 Å². The first-order chi connectivity index (χ1) is 14.9. The second-order valence-corrected chi connectivity index (χ2v) is 12.2. The number of carbonyl (C=O) groups excluding carboxylic acids is 1. The van der Waals surface area contributed by atoms with Crippen LogP contribution in [0, 0.1) is 0 Å². The Labute approximate surface area is 193 Å². The van der Waals surface area contributed by atoms with Gasteiger partial charge in [-0.2, -0.15) is 0 Å². The van der Waals surface area contributed by atoms with Gasteiger partial charge in [0, 0.05) is 35.4 Å². The van der Waals surface area contributed by atoms with E-state index in [9.17, 15) is 13.2 Å². The standard InChI is InChI=1S/C23H27ClFN3O3S/c1-15(2)32(30,31)27-9-7-23(25,8-10-27)16-11-18(14-26-13-16)28-21(29)19-6-5-17(24)12-20(19)22(28,3)4/h5-6,11-15H,7-10H2,1-4H3. The Hall–Kier alpha value is -2.03. The van der Waals surface area contributed by atoms with Gasteiger partial charge in [0.15, 0.2) is 0 Å². The molecular formula is C23H27ClFN3O3S. The Morgan fingerprint density at radius 3 is 2.41 bits per heavy atom. The quantitative estimate of drug-likeness (QED) is 0.641. The number of halogens is 2. The van der Waals surface area contributed by atoms with E-state index < -0.39 is 26.5 Å². The zero-order valence-corrected chi connectivity index (χ0v) is 20.2. The van der Waals surface area contributed by atoms with Crippen molar-refractivity contribution in [3.8, 4) is 0 Å². The van der Waals surface area contributed by atoms with E-state index in [0.717, 1.165) is 5.56 Å². The number of hydrogen-bond donors (Lipinski definition) is 0. The van der Waals surface area contributed by atoms with Crippen LogP contribution in [-0.4, -0.2) is 42.0 Å². The highest BCUT2D eigenvalue weighted by molar-refractivity contribution is 7.89. The van der Waals surface area contributed by atoms with E-state index in [1.54, 1.807) is 49.2 Å². The van der Waals surface area contributed by atoms with E-state index in [1.165, 1.54) is 10.5 Å². The number of hydrogen-bond acceptors (Lipinski definition) is 4. The van der Waals surface area contributed by atoms with Crippen LogP contribution in [0.4, 0.5) is 10.1 Å². The molecule has 32 heavy (non-hydrogen) atoms. The summed E-state index contributed by atoms with van der Waals surface area (Å²) in [7, 11) is -3.42. The second kappa shape index (κ2) is 7.78. The van der Waals surface area contributed by atoms with Crippen molar-refractivity contribution in [3.63, 3.8) is 0 Å². The number of piperidine rings is 1. The summed E-state index contributed by atoms with van der Waals surface area (Å²) in [6, 6.07) is 6.84. The fourth-order valence-corrected chi connectivity index (χ4v) is 6.08. The summed E-state index contributed by atoms with van der Waals surface area (Å²) in [4.78, 5) is 19.0.